The Kier molecular flexibility index (Phi) is 10.4. The molecular formula is C19H26Cl2FN3O. The summed E-state index contributed by atoms with van der Waals surface area (Å²) in [7, 11) is 1.95. The highest BCUT2D eigenvalue weighted by atomic mass is 35.5. The normalized spacial score (nSPS) is 12.5. The van der Waals surface area contributed by atoms with Crippen molar-refractivity contribution in [3.8, 4) is 0 Å². The molecule has 0 aliphatic rings. The van der Waals surface area contributed by atoms with E-state index in [2.05, 4.69) is 10.2 Å². The molecule has 2 aromatic rings. The first-order chi connectivity index (χ1) is 11.4. The molecule has 0 aromatic heterocycles. The summed E-state index contributed by atoms with van der Waals surface area (Å²) in [6.07, 6.45) is 0. The van der Waals surface area contributed by atoms with Crippen molar-refractivity contribution < 1.29 is 9.18 Å². The molecule has 1 atom stereocenters. The number of hydrogen-bond donors (Lipinski definition) is 2. The van der Waals surface area contributed by atoms with Crippen LogP contribution in [0.2, 0.25) is 0 Å². The van der Waals surface area contributed by atoms with Crippen molar-refractivity contribution in [1.29, 1.82) is 0 Å². The number of carbonyl (C=O) groups excluding carboxylic acids is 1. The molecule has 2 rings (SSSR count). The number of hydrogen-bond acceptors (Lipinski definition) is 3. The van der Waals surface area contributed by atoms with E-state index in [1.807, 2.05) is 37.4 Å². The van der Waals surface area contributed by atoms with Crippen LogP contribution in [0.15, 0.2) is 54.6 Å². The Labute approximate surface area is 166 Å². The maximum absolute atomic E-state index is 12.9. The summed E-state index contributed by atoms with van der Waals surface area (Å²) in [5.74, 6) is -0.444. The van der Waals surface area contributed by atoms with E-state index in [9.17, 15) is 9.18 Å². The highest BCUT2D eigenvalue weighted by molar-refractivity contribution is 5.87. The van der Waals surface area contributed by atoms with Gasteiger partial charge in [0.1, 0.15) is 11.4 Å². The van der Waals surface area contributed by atoms with E-state index in [1.165, 1.54) is 12.1 Å². The molecule has 0 heterocycles. The Balaban J connectivity index is 0.00000312. The highest BCUT2D eigenvalue weighted by Gasteiger charge is 2.29. The molecule has 144 valence electrons. The predicted molar refractivity (Wildman–Crippen MR) is 108 cm³/mol. The Morgan fingerprint density at radius 3 is 2.27 bits per heavy atom. The number of carbonyl (C=O) groups is 1. The summed E-state index contributed by atoms with van der Waals surface area (Å²) < 4.78 is 12.9. The van der Waals surface area contributed by atoms with Crippen molar-refractivity contribution in [3.63, 3.8) is 0 Å². The van der Waals surface area contributed by atoms with Crippen LogP contribution < -0.4 is 11.1 Å². The lowest BCUT2D eigenvalue weighted by Gasteiger charge is -2.25. The number of likely N-dealkylation sites (N-methyl/N-ethyl adjacent to an activating group) is 1. The van der Waals surface area contributed by atoms with Crippen LogP contribution in [0.1, 0.15) is 18.1 Å². The molecule has 0 aliphatic carbocycles. The predicted octanol–water partition coefficient (Wildman–Crippen LogP) is 3.09. The van der Waals surface area contributed by atoms with Gasteiger partial charge in [-0.3, -0.25) is 4.79 Å². The van der Waals surface area contributed by atoms with Crippen molar-refractivity contribution in [3.05, 3.63) is 71.5 Å². The van der Waals surface area contributed by atoms with Gasteiger partial charge >= 0.3 is 0 Å². The van der Waals surface area contributed by atoms with Crippen LogP contribution in [0.5, 0.6) is 0 Å². The lowest BCUT2D eigenvalue weighted by atomic mass is 9.92. The molecule has 0 saturated carbocycles. The van der Waals surface area contributed by atoms with E-state index >= 15 is 0 Å². The molecular weight excluding hydrogens is 376 g/mol. The topological polar surface area (TPSA) is 58.4 Å². The van der Waals surface area contributed by atoms with E-state index in [4.69, 9.17) is 5.73 Å². The van der Waals surface area contributed by atoms with Crippen LogP contribution in [-0.2, 0) is 16.9 Å². The fourth-order valence-corrected chi connectivity index (χ4v) is 2.44. The van der Waals surface area contributed by atoms with E-state index in [-0.39, 0.29) is 36.5 Å². The van der Waals surface area contributed by atoms with E-state index < -0.39 is 5.54 Å². The summed E-state index contributed by atoms with van der Waals surface area (Å²) in [6.45, 7) is 3.57. The van der Waals surface area contributed by atoms with Crippen LogP contribution in [-0.4, -0.2) is 30.9 Å². The molecule has 26 heavy (non-hydrogen) atoms. The first-order valence-electron chi connectivity index (χ1n) is 7.95. The second-order valence-electron chi connectivity index (χ2n) is 6.19. The number of rotatable bonds is 7. The maximum atomic E-state index is 12.9. The molecule has 2 aromatic carbocycles. The quantitative estimate of drug-likeness (QED) is 0.749. The average molecular weight is 402 g/mol. The van der Waals surface area contributed by atoms with Crippen LogP contribution >= 0.6 is 24.8 Å². The van der Waals surface area contributed by atoms with Gasteiger partial charge in [-0.1, -0.05) is 42.5 Å². The highest BCUT2D eigenvalue weighted by Crippen LogP contribution is 2.17. The number of amides is 1. The van der Waals surface area contributed by atoms with E-state index in [0.29, 0.717) is 19.6 Å². The molecule has 1 amide bonds. The number of benzene rings is 2. The molecule has 0 spiro atoms. The van der Waals surface area contributed by atoms with Crippen molar-refractivity contribution in [2.45, 2.75) is 19.0 Å². The van der Waals surface area contributed by atoms with Crippen LogP contribution in [0.3, 0.4) is 0 Å². The third-order valence-electron chi connectivity index (χ3n) is 3.99. The molecule has 7 heteroatoms. The summed E-state index contributed by atoms with van der Waals surface area (Å²) in [6, 6.07) is 15.7. The van der Waals surface area contributed by atoms with Crippen molar-refractivity contribution in [1.82, 2.24) is 10.2 Å². The standard InChI is InChI=1S/C19H24FN3O.2ClH/c1-19(21,16-6-4-3-5-7-16)18(24)22-12-13-23(2)14-15-8-10-17(20)11-9-15;;/h3-11H,12-14,21H2,1-2H3,(H,22,24);2*1H. The summed E-state index contributed by atoms with van der Waals surface area (Å²) in [4.78, 5) is 14.4. The number of nitrogens with one attached hydrogen (secondary N) is 1. The van der Waals surface area contributed by atoms with Gasteiger partial charge in [-0.05, 0) is 37.2 Å². The second kappa shape index (κ2) is 11.1. The van der Waals surface area contributed by atoms with Crippen molar-refractivity contribution >= 4 is 30.7 Å². The molecule has 1 unspecified atom stereocenters. The minimum Gasteiger partial charge on any atom is -0.353 e. The summed E-state index contributed by atoms with van der Waals surface area (Å²) in [5.41, 5.74) is 6.92. The Morgan fingerprint density at radius 2 is 1.69 bits per heavy atom. The number of nitrogens with zero attached hydrogens (tertiary/aromatic N) is 1. The molecule has 0 aliphatic heterocycles. The zero-order valence-corrected chi connectivity index (χ0v) is 16.6. The van der Waals surface area contributed by atoms with Crippen LogP contribution in [0, 0.1) is 5.82 Å². The van der Waals surface area contributed by atoms with Crippen molar-refractivity contribution in [2.75, 3.05) is 20.1 Å². The smallest absolute Gasteiger partial charge is 0.244 e. The monoisotopic (exact) mass is 401 g/mol. The van der Waals surface area contributed by atoms with Crippen molar-refractivity contribution in [2.24, 2.45) is 5.73 Å². The van der Waals surface area contributed by atoms with Gasteiger partial charge in [-0.15, -0.1) is 24.8 Å². The fourth-order valence-electron chi connectivity index (χ4n) is 2.44. The second-order valence-corrected chi connectivity index (χ2v) is 6.19. The average Bonchev–Trinajstić information content (AvgIpc) is 2.57. The Bertz CT molecular complexity index is 666. The SMILES string of the molecule is CN(CCNC(=O)C(C)(N)c1ccccc1)Cc1ccc(F)cc1.Cl.Cl. The first-order valence-corrected chi connectivity index (χ1v) is 7.95. The van der Waals surface area contributed by atoms with Gasteiger partial charge < -0.3 is 16.0 Å². The van der Waals surface area contributed by atoms with Gasteiger partial charge in [-0.25, -0.2) is 4.39 Å². The molecule has 0 radical (unpaired) electrons. The zero-order chi connectivity index (χ0) is 17.6. The molecule has 0 bridgehead atoms. The molecule has 4 nitrogen and oxygen atoms in total. The number of halogens is 3. The largest absolute Gasteiger partial charge is 0.353 e. The Morgan fingerprint density at radius 1 is 1.12 bits per heavy atom. The minimum atomic E-state index is -1.06. The molecule has 3 N–H and O–H groups in total. The first kappa shape index (κ1) is 24.3. The van der Waals surface area contributed by atoms with Crippen LogP contribution in [0.4, 0.5) is 4.39 Å². The minimum absolute atomic E-state index is 0. The van der Waals surface area contributed by atoms with E-state index in [0.717, 1.165) is 11.1 Å². The van der Waals surface area contributed by atoms with Crippen LogP contribution in [0.25, 0.3) is 0 Å². The van der Waals surface area contributed by atoms with Gasteiger partial charge in [0.25, 0.3) is 0 Å². The van der Waals surface area contributed by atoms with Gasteiger partial charge in [0.2, 0.25) is 5.91 Å². The number of nitrogens with two attached hydrogens (primary N) is 1. The zero-order valence-electron chi connectivity index (χ0n) is 14.9. The van der Waals surface area contributed by atoms with Gasteiger partial charge in [0.15, 0.2) is 0 Å². The van der Waals surface area contributed by atoms with E-state index in [1.54, 1.807) is 19.1 Å². The third-order valence-corrected chi connectivity index (χ3v) is 3.99. The lowest BCUT2D eigenvalue weighted by molar-refractivity contribution is -0.126. The summed E-state index contributed by atoms with van der Waals surface area (Å²) in [5, 5.41) is 2.88. The maximum Gasteiger partial charge on any atom is 0.244 e. The van der Waals surface area contributed by atoms with Gasteiger partial charge in [0, 0.05) is 19.6 Å². The lowest BCUT2D eigenvalue weighted by Crippen LogP contribution is -2.50. The van der Waals surface area contributed by atoms with Gasteiger partial charge in [-0.2, -0.15) is 0 Å². The Hall–Kier alpha value is -1.66. The fraction of sp³-hybridized carbons (Fsp3) is 0.316. The summed E-state index contributed by atoms with van der Waals surface area (Å²) >= 11 is 0. The molecule has 0 saturated heterocycles. The van der Waals surface area contributed by atoms with Gasteiger partial charge in [0.05, 0.1) is 0 Å². The molecule has 0 fully saturated rings. The third kappa shape index (κ3) is 6.92.